The molecule has 4 amide bonds. The molecule has 108 heavy (non-hydrogen) atoms. The highest BCUT2D eigenvalue weighted by atomic mass is 16.6. The van der Waals surface area contributed by atoms with Crippen molar-refractivity contribution in [1.29, 1.82) is 0 Å². The average Bonchev–Trinajstić information content (AvgIpc) is 0.881. The fourth-order valence-electron chi connectivity index (χ4n) is 9.19. The molecule has 0 aromatic heterocycles. The maximum Gasteiger partial charge on any atom is 0.305 e. The molecule has 33 nitrogen and oxygen atoms in total. The molecule has 33 heteroatoms. The lowest BCUT2D eigenvalue weighted by Crippen LogP contribution is -2.45. The summed E-state index contributed by atoms with van der Waals surface area (Å²) in [5, 5.41) is 55.0. The van der Waals surface area contributed by atoms with E-state index in [0.717, 1.165) is 0 Å². The molecule has 9 N–H and O–H groups in total. The number of carbonyl (C=O) groups excluding carboxylic acids is 16. The van der Waals surface area contributed by atoms with Gasteiger partial charge in [0.15, 0.2) is 0 Å². The molecule has 624 valence electrons. The van der Waals surface area contributed by atoms with Crippen LogP contribution in [0.15, 0.2) is 0 Å². The first-order valence-corrected chi connectivity index (χ1v) is 38.3. The number of ketones is 4. The molecule has 0 aromatic rings. The molecule has 0 rings (SSSR count). The van der Waals surface area contributed by atoms with Crippen LogP contribution < -0.4 is 21.3 Å². The first-order chi connectivity index (χ1) is 51.7. The Morgan fingerprint density at radius 3 is 0.639 bits per heavy atom. The quantitative estimate of drug-likeness (QED) is 0.0173. The summed E-state index contributed by atoms with van der Waals surface area (Å²) in [5.74, 6) is -10.1. The molecular weight excluding hydrogens is 1420 g/mol. The van der Waals surface area contributed by atoms with Gasteiger partial charge in [0.25, 0.3) is 0 Å². The number of esters is 8. The van der Waals surface area contributed by atoms with Crippen LogP contribution >= 0.6 is 0 Å². The number of amides is 4. The van der Waals surface area contributed by atoms with Gasteiger partial charge in [0.1, 0.15) is 23.1 Å². The number of hydrogen-bond donors (Lipinski definition) is 9. The van der Waals surface area contributed by atoms with Crippen molar-refractivity contribution in [3.8, 4) is 0 Å². The predicted molar refractivity (Wildman–Crippen MR) is 392 cm³/mol. The van der Waals surface area contributed by atoms with Gasteiger partial charge in [0.05, 0.1) is 122 Å². The molecule has 5 unspecified atom stereocenters. The monoisotopic (exact) mass is 1550 g/mol. The van der Waals surface area contributed by atoms with Gasteiger partial charge in [-0.1, -0.05) is 62.3 Å². The van der Waals surface area contributed by atoms with Gasteiger partial charge in [0, 0.05) is 116 Å². The topological polar surface area (TPSA) is 496 Å². The Bertz CT molecular complexity index is 2390. The number of rotatable bonds is 62. The molecule has 0 aromatic carbocycles. The number of carbonyl (C=O) groups is 16. The van der Waals surface area contributed by atoms with E-state index in [0.29, 0.717) is 116 Å². The normalized spacial score (nSPS) is 11.9. The number of nitrogens with one attached hydrogen (secondary N) is 4. The van der Waals surface area contributed by atoms with E-state index in [1.54, 1.807) is 0 Å². The molecule has 0 aliphatic carbocycles. The molecule has 0 spiro atoms. The van der Waals surface area contributed by atoms with Gasteiger partial charge in [0.2, 0.25) is 23.6 Å². The first-order valence-electron chi connectivity index (χ1n) is 38.3. The Morgan fingerprint density at radius 2 is 0.454 bits per heavy atom. The highest BCUT2D eigenvalue weighted by Gasteiger charge is 2.31. The third-order valence-corrected chi connectivity index (χ3v) is 15.1. The van der Waals surface area contributed by atoms with E-state index in [-0.39, 0.29) is 221 Å². The summed E-state index contributed by atoms with van der Waals surface area (Å²) in [4.78, 5) is 189. The van der Waals surface area contributed by atoms with Crippen molar-refractivity contribution in [3.63, 3.8) is 0 Å². The van der Waals surface area contributed by atoms with Gasteiger partial charge in [-0.05, 0) is 83.5 Å². The zero-order valence-corrected chi connectivity index (χ0v) is 65.6. The van der Waals surface area contributed by atoms with Crippen molar-refractivity contribution in [2.75, 3.05) is 99.0 Å². The van der Waals surface area contributed by atoms with Crippen molar-refractivity contribution in [1.82, 2.24) is 21.3 Å². The summed E-state index contributed by atoms with van der Waals surface area (Å²) in [5.41, 5.74) is 0. The lowest BCUT2D eigenvalue weighted by molar-refractivity contribution is -0.147. The van der Waals surface area contributed by atoms with Crippen LogP contribution in [0, 0.1) is 23.7 Å². The minimum Gasteiger partial charge on any atom is -0.466 e. The Balaban J connectivity index is -0.000000668. The zero-order valence-electron chi connectivity index (χ0n) is 65.6. The molecule has 0 fully saturated rings. The lowest BCUT2D eigenvalue weighted by atomic mass is 9.95. The first kappa shape index (κ1) is 106. The van der Waals surface area contributed by atoms with Crippen LogP contribution in [-0.2, 0) is 115 Å². The summed E-state index contributed by atoms with van der Waals surface area (Å²) in [6.45, 7) is 15.4. The molecule has 0 bridgehead atoms. The van der Waals surface area contributed by atoms with Gasteiger partial charge in [-0.2, -0.15) is 0 Å². The minimum absolute atomic E-state index is 0.000674. The van der Waals surface area contributed by atoms with Crippen LogP contribution in [0.2, 0.25) is 0 Å². The molecule has 0 heterocycles. The second-order valence-electron chi connectivity index (χ2n) is 24.8. The molecule has 5 atom stereocenters. The van der Waals surface area contributed by atoms with E-state index in [9.17, 15) is 81.8 Å². The van der Waals surface area contributed by atoms with Crippen molar-refractivity contribution < 1.29 is 140 Å². The number of aliphatic hydroxyl groups is 5. The highest BCUT2D eigenvalue weighted by Crippen LogP contribution is 2.17. The van der Waals surface area contributed by atoms with Crippen molar-refractivity contribution in [2.45, 2.75) is 261 Å². The fourth-order valence-corrected chi connectivity index (χ4v) is 9.19. The Labute approximate surface area is 636 Å². The van der Waals surface area contributed by atoms with Crippen LogP contribution in [0.5, 0.6) is 0 Å². The van der Waals surface area contributed by atoms with E-state index in [1.165, 1.54) is 0 Å². The highest BCUT2D eigenvalue weighted by molar-refractivity contribution is 6.03. The Morgan fingerprint density at radius 1 is 0.259 bits per heavy atom. The summed E-state index contributed by atoms with van der Waals surface area (Å²) in [7, 11) is 0. The number of hydrogen-bond acceptors (Lipinski definition) is 29. The smallest absolute Gasteiger partial charge is 0.305 e. The van der Waals surface area contributed by atoms with E-state index >= 15 is 0 Å². The lowest BCUT2D eigenvalue weighted by Gasteiger charge is -2.20. The summed E-state index contributed by atoms with van der Waals surface area (Å²) < 4.78 is 40.1. The average molecular weight is 1550 g/mol. The third kappa shape index (κ3) is 60.1. The fraction of sp³-hybridized carbons (Fsp3) is 0.787. The summed E-state index contributed by atoms with van der Waals surface area (Å²) in [6, 6.07) is -1.30. The van der Waals surface area contributed by atoms with E-state index in [2.05, 4.69) is 21.3 Å². The van der Waals surface area contributed by atoms with Gasteiger partial charge >= 0.3 is 47.8 Å². The molecule has 0 aliphatic heterocycles. The van der Waals surface area contributed by atoms with Crippen LogP contribution in [0.4, 0.5) is 0 Å². The zero-order chi connectivity index (χ0) is 82.3. The molecule has 0 radical (unpaired) electrons. The molecule has 0 aliphatic rings. The molecular formula is C75H130N4O29. The van der Waals surface area contributed by atoms with Gasteiger partial charge in [-0.25, -0.2) is 0 Å². The SMILES string of the molecule is CCCC(=O)OCCCC(=O)C(CCOC(=O)CCC)C(=O)NC(CC)CO.CCCC(=O)OCCCC(=O)C(CCOC(=O)CCC)C(=O)NC(CO)CO.CCCC(=O)OCCCC(=O)C(CCOC(=O)CCC)C(=O)NCCO.CCCC(=O)OCCCC(=O)C(CCOC(=O)CCC)C(=O)NCCO. The second kappa shape index (κ2) is 73.3. The van der Waals surface area contributed by atoms with E-state index in [4.69, 9.17) is 58.3 Å². The minimum atomic E-state index is -1.08. The second-order valence-corrected chi connectivity index (χ2v) is 24.8. The number of Topliss-reactive ketones (excluding diaryl/α,β-unsaturated/α-hetero) is 4. The molecule has 0 saturated heterocycles. The van der Waals surface area contributed by atoms with Crippen LogP contribution in [0.1, 0.15) is 249 Å². The maximum atomic E-state index is 12.5. The van der Waals surface area contributed by atoms with Gasteiger partial charge in [-0.15, -0.1) is 0 Å². The van der Waals surface area contributed by atoms with Crippen LogP contribution in [0.25, 0.3) is 0 Å². The standard InChI is InChI=1S/C20H35NO7.C19H33NO8.2C18H31NO7/c1-4-8-18(24)27-12-7-10-17(23)16(11-13-28-19(25)9-5-2)20(26)21-15(6-3)14-22;1-3-6-17(24)27-10-5-8-16(23)15(9-11-28-18(25)7-4-2)19(26)20-14(12-21)13-22;2*1-3-6-16(22)25-12-5-8-15(21)14(18(24)19-10-11-20)9-13-26-17(23)7-4-2/h15-16,22H,4-14H2,1-3H3,(H,21,26);14-15,21-22H,3-13H2,1-2H3,(H,20,26);2*14,20H,3-13H2,1-2H3,(H,19,24). The van der Waals surface area contributed by atoms with Crippen molar-refractivity contribution in [3.05, 3.63) is 0 Å². The Hall–Kier alpha value is -7.88. The van der Waals surface area contributed by atoms with Crippen LogP contribution in [0.3, 0.4) is 0 Å². The van der Waals surface area contributed by atoms with E-state index in [1.807, 2.05) is 62.3 Å². The molecule has 0 saturated carbocycles. The predicted octanol–water partition coefficient (Wildman–Crippen LogP) is 4.69. The summed E-state index contributed by atoms with van der Waals surface area (Å²) in [6.07, 6.45) is 10.1. The number of aliphatic hydroxyl groups excluding tert-OH is 5. The Kier molecular flexibility index (Phi) is 72.2. The van der Waals surface area contributed by atoms with Crippen molar-refractivity contribution >= 4 is 94.5 Å². The summed E-state index contributed by atoms with van der Waals surface area (Å²) >= 11 is 0. The maximum absolute atomic E-state index is 12.5. The van der Waals surface area contributed by atoms with E-state index < -0.39 is 78.6 Å². The van der Waals surface area contributed by atoms with Crippen LogP contribution in [-0.4, -0.2) is 231 Å². The largest absolute Gasteiger partial charge is 0.466 e. The van der Waals surface area contributed by atoms with Gasteiger partial charge in [-0.3, -0.25) is 76.7 Å². The third-order valence-electron chi connectivity index (χ3n) is 15.1. The number of ether oxygens (including phenoxy) is 8. The van der Waals surface area contributed by atoms with Gasteiger partial charge < -0.3 is 84.7 Å². The van der Waals surface area contributed by atoms with Crippen molar-refractivity contribution in [2.24, 2.45) is 23.7 Å².